The molecule has 0 aromatic heterocycles. The largest absolute Gasteiger partial charge is 0.496 e. The number of ether oxygens (including phenoxy) is 1. The lowest BCUT2D eigenvalue weighted by Gasteiger charge is -2.22. The molecule has 0 fully saturated rings. The number of sulfonamides is 1. The summed E-state index contributed by atoms with van der Waals surface area (Å²) < 4.78 is 56.9. The van der Waals surface area contributed by atoms with Crippen molar-refractivity contribution < 1.29 is 21.6 Å². The van der Waals surface area contributed by atoms with Gasteiger partial charge in [-0.05, 0) is 6.07 Å². The Hall–Kier alpha value is -1.20. The summed E-state index contributed by atoms with van der Waals surface area (Å²) in [6.07, 6.45) is 1.09. The summed E-state index contributed by atoms with van der Waals surface area (Å²) >= 11 is 0. The van der Waals surface area contributed by atoms with Crippen molar-refractivity contribution in [1.29, 1.82) is 0 Å². The molecular formula is C13H23N3O5S2. The minimum atomic E-state index is -3.59. The molecule has 0 unspecified atom stereocenters. The lowest BCUT2D eigenvalue weighted by atomic mass is 10.2. The zero-order chi connectivity index (χ0) is 17.7. The monoisotopic (exact) mass is 365 g/mol. The van der Waals surface area contributed by atoms with Gasteiger partial charge in [0.15, 0.2) is 0 Å². The maximum Gasteiger partial charge on any atom is 0.278 e. The predicted molar refractivity (Wildman–Crippen MR) is 88.9 cm³/mol. The van der Waals surface area contributed by atoms with Gasteiger partial charge in [0.2, 0.25) is 10.0 Å². The fourth-order valence-corrected chi connectivity index (χ4v) is 3.22. The number of para-hydroxylation sites is 1. The van der Waals surface area contributed by atoms with Gasteiger partial charge in [-0.25, -0.2) is 13.1 Å². The Balaban J connectivity index is 2.83. The summed E-state index contributed by atoms with van der Waals surface area (Å²) in [4.78, 5) is 0. The van der Waals surface area contributed by atoms with Crippen LogP contribution in [0.25, 0.3) is 0 Å². The number of benzene rings is 1. The molecular weight excluding hydrogens is 342 g/mol. The van der Waals surface area contributed by atoms with Gasteiger partial charge >= 0.3 is 0 Å². The molecule has 0 aliphatic heterocycles. The van der Waals surface area contributed by atoms with E-state index in [1.807, 2.05) is 0 Å². The van der Waals surface area contributed by atoms with Gasteiger partial charge in [-0.1, -0.05) is 18.2 Å². The van der Waals surface area contributed by atoms with E-state index < -0.39 is 20.2 Å². The minimum absolute atomic E-state index is 0.0178. The molecule has 0 atom stereocenters. The van der Waals surface area contributed by atoms with Gasteiger partial charge in [0.05, 0.1) is 13.4 Å². The summed E-state index contributed by atoms with van der Waals surface area (Å²) in [7, 11) is -2.79. The van der Waals surface area contributed by atoms with Gasteiger partial charge in [0.25, 0.3) is 10.2 Å². The van der Waals surface area contributed by atoms with E-state index in [-0.39, 0.29) is 19.6 Å². The molecule has 0 aliphatic rings. The SMILES string of the molecule is COc1ccccc1CN(CCNS(=O)(=O)N(C)C)S(C)(=O)=O. The van der Waals surface area contributed by atoms with Crippen LogP contribution in [0.15, 0.2) is 24.3 Å². The molecule has 1 aromatic carbocycles. The average molecular weight is 365 g/mol. The smallest absolute Gasteiger partial charge is 0.278 e. The van der Waals surface area contributed by atoms with E-state index >= 15 is 0 Å². The van der Waals surface area contributed by atoms with Crippen LogP contribution >= 0.6 is 0 Å². The first kappa shape index (κ1) is 19.8. The van der Waals surface area contributed by atoms with Crippen molar-refractivity contribution in [3.8, 4) is 5.75 Å². The van der Waals surface area contributed by atoms with Crippen molar-refractivity contribution in [3.05, 3.63) is 29.8 Å². The molecule has 1 N–H and O–H groups in total. The Morgan fingerprint density at radius 1 is 1.13 bits per heavy atom. The van der Waals surface area contributed by atoms with Crippen molar-refractivity contribution >= 4 is 20.2 Å². The van der Waals surface area contributed by atoms with E-state index in [0.717, 1.165) is 10.6 Å². The highest BCUT2D eigenvalue weighted by atomic mass is 32.2. The van der Waals surface area contributed by atoms with Crippen LogP contribution in [-0.4, -0.2) is 66.0 Å². The van der Waals surface area contributed by atoms with Crippen molar-refractivity contribution in [2.75, 3.05) is 40.6 Å². The van der Waals surface area contributed by atoms with Crippen LogP contribution in [0, 0.1) is 0 Å². The second-order valence-corrected chi connectivity index (χ2v) is 9.04. The van der Waals surface area contributed by atoms with Gasteiger partial charge in [-0.15, -0.1) is 0 Å². The zero-order valence-corrected chi connectivity index (χ0v) is 15.3. The molecule has 0 saturated heterocycles. The van der Waals surface area contributed by atoms with Crippen LogP contribution < -0.4 is 9.46 Å². The predicted octanol–water partition coefficient (Wildman–Crippen LogP) is -0.147. The van der Waals surface area contributed by atoms with E-state index in [1.165, 1.54) is 25.5 Å². The molecule has 23 heavy (non-hydrogen) atoms. The van der Waals surface area contributed by atoms with E-state index in [1.54, 1.807) is 24.3 Å². The van der Waals surface area contributed by atoms with Crippen molar-refractivity contribution in [2.24, 2.45) is 0 Å². The van der Waals surface area contributed by atoms with Gasteiger partial charge in [-0.2, -0.15) is 17.0 Å². The lowest BCUT2D eigenvalue weighted by Crippen LogP contribution is -2.41. The minimum Gasteiger partial charge on any atom is -0.496 e. The molecule has 8 nitrogen and oxygen atoms in total. The van der Waals surface area contributed by atoms with Crippen LogP contribution in [-0.2, 0) is 26.8 Å². The fourth-order valence-electron chi connectivity index (χ4n) is 1.81. The van der Waals surface area contributed by atoms with Gasteiger partial charge in [0.1, 0.15) is 5.75 Å². The fraction of sp³-hybridized carbons (Fsp3) is 0.538. The van der Waals surface area contributed by atoms with Crippen molar-refractivity contribution in [1.82, 2.24) is 13.3 Å². The van der Waals surface area contributed by atoms with Gasteiger partial charge in [0, 0.05) is 39.3 Å². The maximum atomic E-state index is 11.9. The molecule has 1 aromatic rings. The third kappa shape index (κ3) is 6.07. The van der Waals surface area contributed by atoms with E-state index in [0.29, 0.717) is 11.3 Å². The number of hydrogen-bond donors (Lipinski definition) is 1. The second-order valence-electron chi connectivity index (χ2n) is 5.09. The summed E-state index contributed by atoms with van der Waals surface area (Å²) in [5.74, 6) is 0.579. The highest BCUT2D eigenvalue weighted by Gasteiger charge is 2.20. The number of nitrogens with zero attached hydrogens (tertiary/aromatic N) is 2. The van der Waals surface area contributed by atoms with E-state index in [4.69, 9.17) is 4.74 Å². The van der Waals surface area contributed by atoms with E-state index in [9.17, 15) is 16.8 Å². The summed E-state index contributed by atoms with van der Waals surface area (Å²) in [5.41, 5.74) is 0.705. The third-order valence-electron chi connectivity index (χ3n) is 3.13. The molecule has 1 rings (SSSR count). The molecule has 0 bridgehead atoms. The van der Waals surface area contributed by atoms with Gasteiger partial charge in [-0.3, -0.25) is 0 Å². The average Bonchev–Trinajstić information content (AvgIpc) is 2.45. The standard InChI is InChI=1S/C13H23N3O5S2/c1-15(2)23(19,20)14-9-10-16(22(4,17)18)11-12-7-5-6-8-13(12)21-3/h5-8,14H,9-11H2,1-4H3. The summed E-state index contributed by atoms with van der Waals surface area (Å²) in [6, 6.07) is 7.08. The molecule has 0 saturated carbocycles. The lowest BCUT2D eigenvalue weighted by molar-refractivity contribution is 0.381. The van der Waals surface area contributed by atoms with Crippen LogP contribution in [0.2, 0.25) is 0 Å². The molecule has 0 amide bonds. The normalized spacial score (nSPS) is 12.8. The Morgan fingerprint density at radius 3 is 2.26 bits per heavy atom. The topological polar surface area (TPSA) is 96.0 Å². The summed E-state index contributed by atoms with van der Waals surface area (Å²) in [5, 5.41) is 0. The van der Waals surface area contributed by atoms with Gasteiger partial charge < -0.3 is 4.74 Å². The molecule has 0 radical (unpaired) electrons. The number of rotatable bonds is 9. The molecule has 10 heteroatoms. The highest BCUT2D eigenvalue weighted by Crippen LogP contribution is 2.20. The van der Waals surface area contributed by atoms with Crippen molar-refractivity contribution in [2.45, 2.75) is 6.54 Å². The molecule has 0 spiro atoms. The Morgan fingerprint density at radius 2 is 1.74 bits per heavy atom. The van der Waals surface area contributed by atoms with Crippen LogP contribution in [0.5, 0.6) is 5.75 Å². The first-order valence-corrected chi connectivity index (χ1v) is 10.1. The molecule has 0 heterocycles. The quantitative estimate of drug-likeness (QED) is 0.657. The first-order chi connectivity index (χ1) is 10.6. The highest BCUT2D eigenvalue weighted by molar-refractivity contribution is 7.88. The number of hydrogen-bond acceptors (Lipinski definition) is 5. The van der Waals surface area contributed by atoms with Crippen LogP contribution in [0.1, 0.15) is 5.56 Å². The van der Waals surface area contributed by atoms with Crippen LogP contribution in [0.3, 0.4) is 0 Å². The van der Waals surface area contributed by atoms with Crippen molar-refractivity contribution in [3.63, 3.8) is 0 Å². The number of nitrogens with one attached hydrogen (secondary N) is 1. The zero-order valence-electron chi connectivity index (χ0n) is 13.7. The second kappa shape index (κ2) is 8.06. The Bertz CT molecular complexity index is 717. The Labute approximate surface area is 138 Å². The molecule has 132 valence electrons. The van der Waals surface area contributed by atoms with E-state index in [2.05, 4.69) is 4.72 Å². The summed E-state index contributed by atoms with van der Waals surface area (Å²) in [6.45, 7) is 0.0965. The maximum absolute atomic E-state index is 11.9. The Kier molecular flexibility index (Phi) is 6.96. The van der Waals surface area contributed by atoms with Crippen LogP contribution in [0.4, 0.5) is 0 Å². The molecule has 0 aliphatic carbocycles. The first-order valence-electron chi connectivity index (χ1n) is 6.82. The third-order valence-corrected chi connectivity index (χ3v) is 5.91. The number of methoxy groups -OCH3 is 1.